The minimum atomic E-state index is 0.418. The van der Waals surface area contributed by atoms with Crippen molar-refractivity contribution in [2.24, 2.45) is 5.16 Å². The van der Waals surface area contributed by atoms with Gasteiger partial charge in [0, 0.05) is 10.7 Å². The summed E-state index contributed by atoms with van der Waals surface area (Å²) in [7, 11) is 0. The van der Waals surface area contributed by atoms with Crippen molar-refractivity contribution in [3.05, 3.63) is 58.3 Å². The van der Waals surface area contributed by atoms with Gasteiger partial charge in [-0.2, -0.15) is 0 Å². The van der Waals surface area contributed by atoms with Crippen molar-refractivity contribution < 1.29 is 9.94 Å². The number of hydrogen-bond donors (Lipinski definition) is 1. The minimum Gasteiger partial charge on any atom is -0.487 e. The zero-order valence-corrected chi connectivity index (χ0v) is 12.7. The van der Waals surface area contributed by atoms with E-state index in [4.69, 9.17) is 9.94 Å². The lowest BCUT2D eigenvalue weighted by Gasteiger charge is -2.07. The quantitative estimate of drug-likeness (QED) is 0.510. The second-order valence-electron chi connectivity index (χ2n) is 4.18. The molecule has 0 atom stereocenters. The van der Waals surface area contributed by atoms with Crippen LogP contribution in [0.1, 0.15) is 24.6 Å². The Labute approximate surface area is 126 Å². The molecule has 2 aromatic rings. The Hall–Kier alpha value is -1.88. The van der Waals surface area contributed by atoms with E-state index in [2.05, 4.69) is 26.1 Å². The van der Waals surface area contributed by atoms with Crippen LogP contribution in [0, 0.1) is 0 Å². The Morgan fingerprint density at radius 2 is 2.00 bits per heavy atom. The smallest absolute Gasteiger partial charge is 0.130 e. The van der Waals surface area contributed by atoms with Gasteiger partial charge in [-0.1, -0.05) is 12.1 Å². The maximum absolute atomic E-state index is 8.87. The van der Waals surface area contributed by atoms with Crippen molar-refractivity contribution >= 4 is 21.6 Å². The average Bonchev–Trinajstić information content (AvgIpc) is 2.49. The van der Waals surface area contributed by atoms with Gasteiger partial charge in [0.2, 0.25) is 0 Å². The molecule has 5 heteroatoms. The largest absolute Gasteiger partial charge is 0.487 e. The van der Waals surface area contributed by atoms with Gasteiger partial charge in [0.1, 0.15) is 12.4 Å². The van der Waals surface area contributed by atoms with Gasteiger partial charge in [-0.05, 0) is 64.3 Å². The van der Waals surface area contributed by atoms with Gasteiger partial charge >= 0.3 is 0 Å². The normalized spacial score (nSPS) is 11.4. The molecule has 0 aliphatic heterocycles. The minimum absolute atomic E-state index is 0.418. The molecule has 0 aliphatic rings. The summed E-state index contributed by atoms with van der Waals surface area (Å²) in [6.45, 7) is 2.36. The highest BCUT2D eigenvalue weighted by Gasteiger charge is 2.02. The molecule has 20 heavy (non-hydrogen) atoms. The molecular weight excluding hydrogens is 320 g/mol. The van der Waals surface area contributed by atoms with Gasteiger partial charge in [0.25, 0.3) is 0 Å². The summed E-state index contributed by atoms with van der Waals surface area (Å²) in [6.07, 6.45) is 2.42. The van der Waals surface area contributed by atoms with Crippen LogP contribution in [-0.2, 0) is 6.61 Å². The van der Waals surface area contributed by atoms with Crippen LogP contribution in [0.4, 0.5) is 0 Å². The van der Waals surface area contributed by atoms with Gasteiger partial charge in [0.15, 0.2) is 0 Å². The van der Waals surface area contributed by atoms with Gasteiger partial charge < -0.3 is 9.94 Å². The first-order valence-corrected chi connectivity index (χ1v) is 7.07. The molecule has 0 radical (unpaired) electrons. The van der Waals surface area contributed by atoms with E-state index in [-0.39, 0.29) is 0 Å². The summed E-state index contributed by atoms with van der Waals surface area (Å²) in [5.41, 5.74) is 2.42. The number of halogens is 1. The third-order valence-corrected chi connectivity index (χ3v) is 3.29. The fourth-order valence-electron chi connectivity index (χ4n) is 1.73. The van der Waals surface area contributed by atoms with E-state index in [1.807, 2.05) is 43.3 Å². The Morgan fingerprint density at radius 3 is 2.55 bits per heavy atom. The fourth-order valence-corrected chi connectivity index (χ4v) is 1.96. The molecule has 0 spiro atoms. The number of rotatable bonds is 5. The highest BCUT2D eigenvalue weighted by Crippen LogP contribution is 2.16. The van der Waals surface area contributed by atoms with Gasteiger partial charge in [-0.25, -0.2) is 0 Å². The first-order valence-electron chi connectivity index (χ1n) is 6.27. The van der Waals surface area contributed by atoms with Crippen molar-refractivity contribution in [3.63, 3.8) is 0 Å². The molecule has 0 bridgehead atoms. The van der Waals surface area contributed by atoms with E-state index < -0.39 is 0 Å². The van der Waals surface area contributed by atoms with Crippen molar-refractivity contribution in [2.75, 3.05) is 0 Å². The van der Waals surface area contributed by atoms with Gasteiger partial charge in [0.05, 0.1) is 11.4 Å². The lowest BCUT2D eigenvalue weighted by Crippen LogP contribution is -2.00. The molecule has 0 fully saturated rings. The van der Waals surface area contributed by atoms with Crippen LogP contribution < -0.4 is 4.74 Å². The Balaban J connectivity index is 1.99. The lowest BCUT2D eigenvalue weighted by atomic mass is 10.1. The van der Waals surface area contributed by atoms with E-state index in [1.165, 1.54) is 0 Å². The predicted octanol–water partition coefficient (Wildman–Crippen LogP) is 4.01. The summed E-state index contributed by atoms with van der Waals surface area (Å²) < 4.78 is 6.60. The van der Waals surface area contributed by atoms with Gasteiger partial charge in [-0.15, -0.1) is 0 Å². The summed E-state index contributed by atoms with van der Waals surface area (Å²) >= 11 is 3.34. The van der Waals surface area contributed by atoms with E-state index in [0.717, 1.165) is 21.5 Å². The maximum Gasteiger partial charge on any atom is 0.130 e. The predicted molar refractivity (Wildman–Crippen MR) is 81.3 cm³/mol. The highest BCUT2D eigenvalue weighted by atomic mass is 79.9. The summed E-state index contributed by atoms with van der Waals surface area (Å²) in [5, 5.41) is 12.1. The van der Waals surface area contributed by atoms with Crippen LogP contribution in [-0.4, -0.2) is 15.9 Å². The molecule has 0 unspecified atom stereocenters. The van der Waals surface area contributed by atoms with E-state index in [1.54, 1.807) is 6.20 Å². The van der Waals surface area contributed by atoms with E-state index in [0.29, 0.717) is 18.7 Å². The third-order valence-electron chi connectivity index (χ3n) is 2.82. The molecule has 1 heterocycles. The highest BCUT2D eigenvalue weighted by molar-refractivity contribution is 9.10. The molecule has 0 saturated carbocycles. The molecule has 0 saturated heterocycles. The molecule has 1 aromatic carbocycles. The molecule has 2 rings (SSSR count). The third kappa shape index (κ3) is 3.81. The Bertz CT molecular complexity index is 580. The molecule has 104 valence electrons. The zero-order chi connectivity index (χ0) is 14.4. The van der Waals surface area contributed by atoms with Crippen LogP contribution in [0.25, 0.3) is 0 Å². The van der Waals surface area contributed by atoms with Crippen molar-refractivity contribution in [2.45, 2.75) is 20.0 Å². The second kappa shape index (κ2) is 7.05. The van der Waals surface area contributed by atoms with Crippen molar-refractivity contribution in [1.82, 2.24) is 4.98 Å². The number of aromatic nitrogens is 1. The van der Waals surface area contributed by atoms with Gasteiger partial charge in [-0.3, -0.25) is 4.98 Å². The molecule has 0 aliphatic carbocycles. The summed E-state index contributed by atoms with van der Waals surface area (Å²) in [5.74, 6) is 0.756. The topological polar surface area (TPSA) is 54.7 Å². The number of hydrogen-bond acceptors (Lipinski definition) is 4. The zero-order valence-electron chi connectivity index (χ0n) is 11.1. The molecular formula is C15H15BrN2O2. The number of pyridine rings is 1. The number of nitrogens with zero attached hydrogens (tertiary/aromatic N) is 2. The van der Waals surface area contributed by atoms with Crippen LogP contribution in [0.15, 0.2) is 52.2 Å². The van der Waals surface area contributed by atoms with Crippen molar-refractivity contribution in [1.29, 1.82) is 0 Å². The van der Waals surface area contributed by atoms with Crippen LogP contribution in [0.5, 0.6) is 5.75 Å². The van der Waals surface area contributed by atoms with E-state index in [9.17, 15) is 0 Å². The molecule has 1 aromatic heterocycles. The standard InChI is InChI=1S/C15H15BrN2O2/c1-2-15(18-19)11-3-7-14(8-4-11)20-10-13-6-5-12(16)9-17-13/h3-9,19H,2,10H2,1H3/b18-15-. The summed E-state index contributed by atoms with van der Waals surface area (Å²) in [4.78, 5) is 4.24. The number of benzene rings is 1. The first-order chi connectivity index (χ1) is 9.72. The number of ether oxygens (including phenoxy) is 1. The first kappa shape index (κ1) is 14.5. The molecule has 4 nitrogen and oxygen atoms in total. The Morgan fingerprint density at radius 1 is 1.25 bits per heavy atom. The van der Waals surface area contributed by atoms with Crippen LogP contribution in [0.3, 0.4) is 0 Å². The maximum atomic E-state index is 8.87. The van der Waals surface area contributed by atoms with Crippen LogP contribution >= 0.6 is 15.9 Å². The van der Waals surface area contributed by atoms with E-state index >= 15 is 0 Å². The fraction of sp³-hybridized carbons (Fsp3) is 0.200. The molecule has 0 amide bonds. The lowest BCUT2D eigenvalue weighted by molar-refractivity contribution is 0.301. The Kier molecular flexibility index (Phi) is 5.12. The van der Waals surface area contributed by atoms with Crippen molar-refractivity contribution in [3.8, 4) is 5.75 Å². The summed E-state index contributed by atoms with van der Waals surface area (Å²) in [6, 6.07) is 11.3. The second-order valence-corrected chi connectivity index (χ2v) is 5.10. The monoisotopic (exact) mass is 334 g/mol. The SMILES string of the molecule is CC/C(=N/O)c1ccc(OCc2ccc(Br)cn2)cc1. The number of oxime groups is 1. The molecule has 1 N–H and O–H groups in total. The average molecular weight is 335 g/mol. The van der Waals surface area contributed by atoms with Crippen LogP contribution in [0.2, 0.25) is 0 Å².